The Morgan fingerprint density at radius 1 is 1.06 bits per heavy atom. The van der Waals surface area contributed by atoms with Crippen LogP contribution in [0.25, 0.3) is 22.6 Å². The van der Waals surface area contributed by atoms with E-state index in [1.54, 1.807) is 12.1 Å². The number of nitrogens with zero attached hydrogens (tertiary/aromatic N) is 1. The second kappa shape index (κ2) is 3.45. The summed E-state index contributed by atoms with van der Waals surface area (Å²) in [5.41, 5.74) is 1.97. The van der Waals surface area contributed by atoms with Gasteiger partial charge in [0, 0.05) is 11.6 Å². The highest BCUT2D eigenvalue weighted by Crippen LogP contribution is 2.23. The molecule has 0 aliphatic rings. The first-order chi connectivity index (χ1) is 7.83. The molecule has 1 aromatic heterocycles. The van der Waals surface area contributed by atoms with Crippen LogP contribution in [-0.2, 0) is 0 Å². The third-order valence-corrected chi connectivity index (χ3v) is 2.28. The fourth-order valence-electron chi connectivity index (χ4n) is 1.55. The van der Waals surface area contributed by atoms with Crippen molar-refractivity contribution < 1.29 is 8.81 Å². The molecule has 3 heteroatoms. The molecule has 0 N–H and O–H groups in total. The lowest BCUT2D eigenvalue weighted by Crippen LogP contribution is -1.79. The van der Waals surface area contributed by atoms with Crippen molar-refractivity contribution in [1.82, 2.24) is 4.98 Å². The van der Waals surface area contributed by atoms with Crippen LogP contribution in [-0.4, -0.2) is 4.98 Å². The molecule has 0 fully saturated rings. The normalized spacial score (nSPS) is 10.8. The first-order valence-electron chi connectivity index (χ1n) is 4.87. The summed E-state index contributed by atoms with van der Waals surface area (Å²) in [6.07, 6.45) is 0. The summed E-state index contributed by atoms with van der Waals surface area (Å²) < 4.78 is 18.5. The van der Waals surface area contributed by atoms with Crippen LogP contribution < -0.4 is 0 Å². The topological polar surface area (TPSA) is 26.0 Å². The summed E-state index contributed by atoms with van der Waals surface area (Å²) in [5, 5.41) is 0. The van der Waals surface area contributed by atoms with E-state index in [4.69, 9.17) is 4.42 Å². The van der Waals surface area contributed by atoms with Crippen LogP contribution in [0.15, 0.2) is 46.9 Å². The molecule has 2 aromatic carbocycles. The minimum absolute atomic E-state index is 0.390. The van der Waals surface area contributed by atoms with Crippen molar-refractivity contribution in [3.8, 4) is 11.5 Å². The van der Waals surface area contributed by atoms with Crippen molar-refractivity contribution >= 4 is 11.1 Å². The minimum atomic E-state index is -0.417. The molecule has 1 heterocycles. The van der Waals surface area contributed by atoms with Crippen LogP contribution in [0.3, 0.4) is 0 Å². The molecule has 0 unspecified atom stereocenters. The molecule has 3 rings (SSSR count). The molecule has 3 aromatic rings. The molecular weight excluding hydrogens is 205 g/mol. The van der Waals surface area contributed by atoms with Gasteiger partial charge in [0.15, 0.2) is 5.58 Å². The van der Waals surface area contributed by atoms with Crippen LogP contribution in [0.1, 0.15) is 0 Å². The zero-order valence-electron chi connectivity index (χ0n) is 8.27. The van der Waals surface area contributed by atoms with Gasteiger partial charge in [0.25, 0.3) is 0 Å². The minimum Gasteiger partial charge on any atom is -0.436 e. The molecule has 0 saturated carbocycles. The number of oxazole rings is 1. The van der Waals surface area contributed by atoms with Gasteiger partial charge in [-0.15, -0.1) is 0 Å². The number of benzene rings is 2. The molecule has 0 bridgehead atoms. The van der Waals surface area contributed by atoms with E-state index < -0.39 is 5.82 Å². The van der Waals surface area contributed by atoms with Gasteiger partial charge in [0.2, 0.25) is 5.89 Å². The van der Waals surface area contributed by atoms with E-state index in [0.29, 0.717) is 17.0 Å². The van der Waals surface area contributed by atoms with Crippen LogP contribution >= 0.6 is 0 Å². The predicted octanol–water partition coefficient (Wildman–Crippen LogP) is 3.43. The molecule has 0 atom stereocenters. The number of hydrogen-bond acceptors (Lipinski definition) is 2. The summed E-state index contributed by atoms with van der Waals surface area (Å²) in [5.74, 6) is -0.0274. The van der Waals surface area contributed by atoms with Gasteiger partial charge in [-0.05, 0) is 24.3 Å². The van der Waals surface area contributed by atoms with Crippen molar-refractivity contribution in [2.45, 2.75) is 0 Å². The average molecular weight is 212 g/mol. The molecule has 0 spiro atoms. The summed E-state index contributed by atoms with van der Waals surface area (Å²) in [6, 6.07) is 14.6. The maximum atomic E-state index is 13.0. The monoisotopic (exact) mass is 212 g/mol. The van der Waals surface area contributed by atoms with E-state index in [0.717, 1.165) is 5.52 Å². The van der Waals surface area contributed by atoms with Crippen LogP contribution in [0.5, 0.6) is 0 Å². The fraction of sp³-hybridized carbons (Fsp3) is 0. The van der Waals surface area contributed by atoms with Gasteiger partial charge >= 0.3 is 0 Å². The summed E-state index contributed by atoms with van der Waals surface area (Å²) in [6.45, 7) is 0. The number of hydrogen-bond donors (Lipinski definition) is 0. The van der Waals surface area contributed by atoms with Gasteiger partial charge in [0.1, 0.15) is 11.3 Å². The molecule has 0 amide bonds. The van der Waals surface area contributed by atoms with E-state index in [-0.39, 0.29) is 0 Å². The third kappa shape index (κ3) is 1.46. The first kappa shape index (κ1) is 9.09. The molecular formula is C13H7FNO. The van der Waals surface area contributed by atoms with E-state index >= 15 is 0 Å². The molecule has 0 aliphatic heterocycles. The molecule has 0 saturated heterocycles. The van der Waals surface area contributed by atoms with Gasteiger partial charge in [0.05, 0.1) is 0 Å². The fourth-order valence-corrected chi connectivity index (χ4v) is 1.55. The Kier molecular flexibility index (Phi) is 1.96. The average Bonchev–Trinajstić information content (AvgIpc) is 2.72. The van der Waals surface area contributed by atoms with Crippen molar-refractivity contribution in [1.29, 1.82) is 0 Å². The second-order valence-electron chi connectivity index (χ2n) is 3.40. The maximum Gasteiger partial charge on any atom is 0.228 e. The summed E-state index contributed by atoms with van der Waals surface area (Å²) >= 11 is 0. The van der Waals surface area contributed by atoms with E-state index in [1.807, 2.05) is 24.3 Å². The highest BCUT2D eigenvalue weighted by molar-refractivity contribution is 5.75. The zero-order chi connectivity index (χ0) is 11.0. The van der Waals surface area contributed by atoms with Crippen LogP contribution in [0.4, 0.5) is 4.39 Å². The van der Waals surface area contributed by atoms with Crippen LogP contribution in [0.2, 0.25) is 0 Å². The second-order valence-corrected chi connectivity index (χ2v) is 3.40. The Labute approximate surface area is 91.3 Å². The van der Waals surface area contributed by atoms with Gasteiger partial charge in [-0.3, -0.25) is 0 Å². The zero-order valence-corrected chi connectivity index (χ0v) is 8.27. The quantitative estimate of drug-likeness (QED) is 0.617. The molecule has 1 radical (unpaired) electrons. The van der Waals surface area contributed by atoms with E-state index in [2.05, 4.69) is 11.1 Å². The van der Waals surface area contributed by atoms with Crippen molar-refractivity contribution in [2.24, 2.45) is 0 Å². The number of aromatic nitrogens is 1. The lowest BCUT2D eigenvalue weighted by atomic mass is 10.2. The van der Waals surface area contributed by atoms with E-state index in [1.165, 1.54) is 6.07 Å². The highest BCUT2D eigenvalue weighted by Gasteiger charge is 2.08. The Morgan fingerprint density at radius 2 is 1.94 bits per heavy atom. The van der Waals surface area contributed by atoms with Gasteiger partial charge in [-0.1, -0.05) is 18.2 Å². The molecule has 16 heavy (non-hydrogen) atoms. The Balaban J connectivity index is 2.19. The van der Waals surface area contributed by atoms with Gasteiger partial charge < -0.3 is 4.42 Å². The third-order valence-electron chi connectivity index (χ3n) is 2.28. The largest absolute Gasteiger partial charge is 0.436 e. The Morgan fingerprint density at radius 3 is 2.75 bits per heavy atom. The van der Waals surface area contributed by atoms with Gasteiger partial charge in [-0.25, -0.2) is 9.37 Å². The number of para-hydroxylation sites is 2. The standard InChI is InChI=1S/C13H7FNO/c14-10-5-3-4-9(8-10)13-15-11-6-1-2-7-12(11)16-13/h1-7H. The molecule has 2 nitrogen and oxygen atoms in total. The predicted molar refractivity (Wildman–Crippen MR) is 58.2 cm³/mol. The van der Waals surface area contributed by atoms with Gasteiger partial charge in [-0.2, -0.15) is 0 Å². The lowest BCUT2D eigenvalue weighted by Gasteiger charge is -1.92. The lowest BCUT2D eigenvalue weighted by molar-refractivity contribution is 0.610. The molecule has 77 valence electrons. The van der Waals surface area contributed by atoms with Crippen molar-refractivity contribution in [2.75, 3.05) is 0 Å². The first-order valence-corrected chi connectivity index (χ1v) is 4.87. The van der Waals surface area contributed by atoms with Crippen LogP contribution in [0, 0.1) is 11.9 Å². The number of fused-ring (bicyclic) bond motifs is 1. The Bertz CT molecular complexity index is 612. The Hall–Kier alpha value is -2.16. The molecule has 0 aliphatic carbocycles. The highest BCUT2D eigenvalue weighted by atomic mass is 19.1. The van der Waals surface area contributed by atoms with Crippen molar-refractivity contribution in [3.63, 3.8) is 0 Å². The SMILES string of the molecule is Fc1[c]c(-c2nc3ccccc3o2)ccc1. The number of rotatable bonds is 1. The maximum absolute atomic E-state index is 13.0. The van der Waals surface area contributed by atoms with E-state index in [9.17, 15) is 4.39 Å². The van der Waals surface area contributed by atoms with Crippen molar-refractivity contribution in [3.05, 3.63) is 54.3 Å². The smallest absolute Gasteiger partial charge is 0.228 e. The number of halogens is 1. The summed E-state index contributed by atoms with van der Waals surface area (Å²) in [4.78, 5) is 4.26. The summed E-state index contributed by atoms with van der Waals surface area (Å²) in [7, 11) is 0.